The average molecular weight is 571 g/mol. The summed E-state index contributed by atoms with van der Waals surface area (Å²) in [5.74, 6) is 0. The van der Waals surface area contributed by atoms with Crippen molar-refractivity contribution in [1.82, 2.24) is 0 Å². The Morgan fingerprint density at radius 1 is 0.356 bits per heavy atom. The topological polar surface area (TPSA) is 0 Å². The smallest absolute Gasteiger partial charge is 0.0159 e. The molecule has 0 unspecified atom stereocenters. The molecule has 3 aliphatic rings. The number of fused-ring (bicyclic) bond motifs is 12. The summed E-state index contributed by atoms with van der Waals surface area (Å²) >= 11 is 0. The largest absolute Gasteiger partial charge is 0.0622 e. The first-order valence-corrected chi connectivity index (χ1v) is 16.0. The summed E-state index contributed by atoms with van der Waals surface area (Å²) in [6.45, 7) is 4.76. The molecule has 0 fully saturated rings. The van der Waals surface area contributed by atoms with Gasteiger partial charge in [-0.2, -0.15) is 0 Å². The second kappa shape index (κ2) is 8.80. The van der Waals surface area contributed by atoms with Crippen LogP contribution in [0.5, 0.6) is 0 Å². The summed E-state index contributed by atoms with van der Waals surface area (Å²) in [4.78, 5) is 0. The second-order valence-electron chi connectivity index (χ2n) is 13.2. The zero-order chi connectivity index (χ0) is 29.9. The van der Waals surface area contributed by atoms with Gasteiger partial charge in [0.25, 0.3) is 0 Å². The first kappa shape index (κ1) is 24.9. The minimum Gasteiger partial charge on any atom is -0.0622 e. The van der Waals surface area contributed by atoms with Crippen LogP contribution in [0.1, 0.15) is 58.4 Å². The summed E-state index contributed by atoms with van der Waals surface area (Å²) in [5.41, 5.74) is 18.9. The normalized spacial score (nSPS) is 15.3. The first-order chi connectivity index (χ1) is 22.1. The van der Waals surface area contributed by atoms with Gasteiger partial charge in [0.15, 0.2) is 0 Å². The molecule has 7 aromatic carbocycles. The van der Waals surface area contributed by atoms with Gasteiger partial charge in [-0.15, -0.1) is 0 Å². The molecule has 7 aromatic rings. The highest BCUT2D eigenvalue weighted by atomic mass is 14.4. The van der Waals surface area contributed by atoms with Gasteiger partial charge in [0.1, 0.15) is 0 Å². The van der Waals surface area contributed by atoms with Crippen LogP contribution in [0.4, 0.5) is 0 Å². The van der Waals surface area contributed by atoms with E-state index < -0.39 is 0 Å². The van der Waals surface area contributed by atoms with Gasteiger partial charge in [-0.25, -0.2) is 0 Å². The molecule has 0 aliphatic heterocycles. The van der Waals surface area contributed by atoms with E-state index in [1.807, 2.05) is 0 Å². The molecule has 0 aromatic heterocycles. The average Bonchev–Trinajstić information content (AvgIpc) is 3.69. The molecule has 0 bridgehead atoms. The Labute approximate surface area is 263 Å². The fourth-order valence-corrected chi connectivity index (χ4v) is 8.58. The number of hydrogen-bond donors (Lipinski definition) is 0. The van der Waals surface area contributed by atoms with E-state index in [1.54, 1.807) is 0 Å². The fraction of sp³-hybridized carbons (Fsp3) is 0.0667. The molecule has 0 atom stereocenters. The molecular formula is C45H30. The SMILES string of the molecule is CC1(C)c2ccccc2-c2ccc(C3=C4C(=C(c5ccccc5)c5c4ccc4ccccc54)c4ccc5ccccc5c43)cc21. The van der Waals surface area contributed by atoms with Crippen molar-refractivity contribution in [1.29, 1.82) is 0 Å². The molecule has 210 valence electrons. The molecular weight excluding hydrogens is 540 g/mol. The maximum atomic E-state index is 2.51. The second-order valence-corrected chi connectivity index (χ2v) is 13.2. The fourth-order valence-electron chi connectivity index (χ4n) is 8.58. The lowest BCUT2D eigenvalue weighted by Crippen LogP contribution is -2.15. The van der Waals surface area contributed by atoms with Crippen LogP contribution in [-0.4, -0.2) is 0 Å². The summed E-state index contributed by atoms with van der Waals surface area (Å²) in [7, 11) is 0. The molecule has 0 spiro atoms. The lowest BCUT2D eigenvalue weighted by Gasteiger charge is -2.22. The van der Waals surface area contributed by atoms with E-state index in [0.717, 1.165) is 0 Å². The summed E-state index contributed by atoms with van der Waals surface area (Å²) in [5, 5.41) is 5.19. The summed E-state index contributed by atoms with van der Waals surface area (Å²) in [6, 6.07) is 54.4. The van der Waals surface area contributed by atoms with Crippen LogP contribution in [0.25, 0.3) is 55.0 Å². The van der Waals surface area contributed by atoms with Gasteiger partial charge in [-0.05, 0) is 106 Å². The lowest BCUT2D eigenvalue weighted by atomic mass is 9.80. The molecule has 0 amide bonds. The third-order valence-electron chi connectivity index (χ3n) is 10.6. The number of hydrogen-bond acceptors (Lipinski definition) is 0. The molecule has 3 aliphatic carbocycles. The summed E-state index contributed by atoms with van der Waals surface area (Å²) in [6.07, 6.45) is 0. The lowest BCUT2D eigenvalue weighted by molar-refractivity contribution is 0.660. The minimum atomic E-state index is -0.0645. The van der Waals surface area contributed by atoms with E-state index in [9.17, 15) is 0 Å². The van der Waals surface area contributed by atoms with Crippen LogP contribution in [0, 0.1) is 0 Å². The van der Waals surface area contributed by atoms with Crippen LogP contribution in [0.15, 0.2) is 146 Å². The quantitative estimate of drug-likeness (QED) is 0.194. The Hall–Kier alpha value is -5.46. The third kappa shape index (κ3) is 3.21. The van der Waals surface area contributed by atoms with Crippen molar-refractivity contribution in [2.75, 3.05) is 0 Å². The van der Waals surface area contributed by atoms with Crippen LogP contribution in [0.3, 0.4) is 0 Å². The van der Waals surface area contributed by atoms with Crippen molar-refractivity contribution in [3.8, 4) is 11.1 Å². The van der Waals surface area contributed by atoms with Crippen molar-refractivity contribution in [3.63, 3.8) is 0 Å². The van der Waals surface area contributed by atoms with Gasteiger partial charge in [0.2, 0.25) is 0 Å². The Bertz CT molecular complexity index is 2480. The summed E-state index contributed by atoms with van der Waals surface area (Å²) < 4.78 is 0. The molecule has 10 rings (SSSR count). The highest BCUT2D eigenvalue weighted by Crippen LogP contribution is 2.61. The highest BCUT2D eigenvalue weighted by Gasteiger charge is 2.40. The maximum Gasteiger partial charge on any atom is 0.0159 e. The van der Waals surface area contributed by atoms with Crippen molar-refractivity contribution >= 4 is 43.8 Å². The van der Waals surface area contributed by atoms with E-state index in [1.165, 1.54) is 99.5 Å². The van der Waals surface area contributed by atoms with Gasteiger partial charge in [0.05, 0.1) is 0 Å². The Balaban J connectivity index is 1.37. The van der Waals surface area contributed by atoms with E-state index >= 15 is 0 Å². The van der Waals surface area contributed by atoms with Crippen LogP contribution >= 0.6 is 0 Å². The van der Waals surface area contributed by atoms with E-state index in [0.29, 0.717) is 0 Å². The third-order valence-corrected chi connectivity index (χ3v) is 10.6. The molecule has 0 radical (unpaired) electrons. The van der Waals surface area contributed by atoms with Gasteiger partial charge >= 0.3 is 0 Å². The van der Waals surface area contributed by atoms with Crippen molar-refractivity contribution in [2.45, 2.75) is 19.3 Å². The van der Waals surface area contributed by atoms with Gasteiger partial charge in [-0.1, -0.05) is 153 Å². The molecule has 0 saturated heterocycles. The van der Waals surface area contributed by atoms with Gasteiger partial charge in [-0.3, -0.25) is 0 Å². The van der Waals surface area contributed by atoms with Crippen molar-refractivity contribution in [2.24, 2.45) is 0 Å². The van der Waals surface area contributed by atoms with Crippen LogP contribution < -0.4 is 0 Å². The molecule has 0 saturated carbocycles. The predicted octanol–water partition coefficient (Wildman–Crippen LogP) is 11.5. The molecule has 45 heavy (non-hydrogen) atoms. The monoisotopic (exact) mass is 570 g/mol. The van der Waals surface area contributed by atoms with Gasteiger partial charge < -0.3 is 0 Å². The minimum absolute atomic E-state index is 0.0645. The highest BCUT2D eigenvalue weighted by molar-refractivity contribution is 6.38. The first-order valence-electron chi connectivity index (χ1n) is 16.0. The zero-order valence-corrected chi connectivity index (χ0v) is 25.4. The number of benzene rings is 7. The Morgan fingerprint density at radius 2 is 0.867 bits per heavy atom. The number of rotatable bonds is 2. The zero-order valence-electron chi connectivity index (χ0n) is 25.4. The van der Waals surface area contributed by atoms with E-state index in [4.69, 9.17) is 0 Å². The van der Waals surface area contributed by atoms with Gasteiger partial charge in [0, 0.05) is 5.41 Å². The molecule has 0 N–H and O–H groups in total. The van der Waals surface area contributed by atoms with Crippen LogP contribution in [0.2, 0.25) is 0 Å². The van der Waals surface area contributed by atoms with Crippen molar-refractivity contribution in [3.05, 3.63) is 190 Å². The Kier molecular flexibility index (Phi) is 4.88. The molecule has 0 heterocycles. The number of allylic oxidation sites excluding steroid dienone is 2. The van der Waals surface area contributed by atoms with E-state index in [2.05, 4.69) is 159 Å². The maximum absolute atomic E-state index is 2.51. The van der Waals surface area contributed by atoms with Crippen molar-refractivity contribution < 1.29 is 0 Å². The standard InChI is InChI=1S/C45H30/c1-45(2)37-19-11-10-18-33(37)34-23-22-30(26-38(34)45)40-42-32-17-9-7-13-28(32)21-25-36(42)43-39(29-14-4-3-5-15-29)41-31-16-8-6-12-27(31)20-24-35(41)44(40)43/h3-26H,1-2H3. The van der Waals surface area contributed by atoms with Crippen LogP contribution in [-0.2, 0) is 5.41 Å². The Morgan fingerprint density at radius 3 is 1.53 bits per heavy atom. The molecule has 0 heteroatoms. The van der Waals surface area contributed by atoms with E-state index in [-0.39, 0.29) is 5.41 Å². The molecule has 0 nitrogen and oxygen atoms in total. The predicted molar refractivity (Wildman–Crippen MR) is 190 cm³/mol.